The molecule has 0 saturated carbocycles. The van der Waals surface area contributed by atoms with Crippen LogP contribution in [0.15, 0.2) is 95.7 Å². The van der Waals surface area contributed by atoms with E-state index in [1.807, 2.05) is 12.3 Å². The van der Waals surface area contributed by atoms with Gasteiger partial charge < -0.3 is 4.57 Å². The van der Waals surface area contributed by atoms with E-state index in [9.17, 15) is 0 Å². The highest BCUT2D eigenvalue weighted by atomic mass is 79.9. The van der Waals surface area contributed by atoms with E-state index in [0.717, 1.165) is 21.3 Å². The zero-order chi connectivity index (χ0) is 17.5. The number of para-hydroxylation sites is 2. The molecule has 0 aliphatic carbocycles. The maximum atomic E-state index is 4.26. The second kappa shape index (κ2) is 6.11. The number of nitrogens with zero attached hydrogens (tertiary/aromatic N) is 2. The zero-order valence-electron chi connectivity index (χ0n) is 13.9. The second-order valence-corrected chi connectivity index (χ2v) is 7.23. The third-order valence-electron chi connectivity index (χ3n) is 4.72. The Morgan fingerprint density at radius 3 is 2.04 bits per heavy atom. The van der Waals surface area contributed by atoms with Crippen LogP contribution in [0.4, 0.5) is 0 Å². The largest absolute Gasteiger partial charge is 0.309 e. The molecule has 0 saturated heterocycles. The van der Waals surface area contributed by atoms with Gasteiger partial charge in [0.1, 0.15) is 0 Å². The van der Waals surface area contributed by atoms with E-state index in [0.29, 0.717) is 0 Å². The molecule has 5 aromatic rings. The maximum absolute atomic E-state index is 4.26. The Bertz CT molecular complexity index is 1190. The molecular formula is C23H15BrN2. The molecule has 0 aliphatic heterocycles. The minimum atomic E-state index is 1.05. The Labute approximate surface area is 159 Å². The molecule has 0 unspecified atom stereocenters. The fraction of sp³-hybridized carbons (Fsp3) is 0. The lowest BCUT2D eigenvalue weighted by Gasteiger charge is -2.11. The molecule has 0 spiro atoms. The van der Waals surface area contributed by atoms with Crippen molar-refractivity contribution < 1.29 is 0 Å². The van der Waals surface area contributed by atoms with Crippen molar-refractivity contribution in [2.45, 2.75) is 0 Å². The van der Waals surface area contributed by atoms with Crippen LogP contribution in [0.5, 0.6) is 0 Å². The highest BCUT2D eigenvalue weighted by molar-refractivity contribution is 9.10. The molecule has 26 heavy (non-hydrogen) atoms. The quantitative estimate of drug-likeness (QED) is 0.327. The number of rotatable bonds is 2. The van der Waals surface area contributed by atoms with Crippen LogP contribution >= 0.6 is 15.9 Å². The topological polar surface area (TPSA) is 17.8 Å². The summed E-state index contributed by atoms with van der Waals surface area (Å²) in [5.41, 5.74) is 5.81. The van der Waals surface area contributed by atoms with Crippen molar-refractivity contribution in [3.63, 3.8) is 0 Å². The third-order valence-corrected chi connectivity index (χ3v) is 5.17. The van der Waals surface area contributed by atoms with Gasteiger partial charge >= 0.3 is 0 Å². The Balaban J connectivity index is 1.84. The van der Waals surface area contributed by atoms with E-state index in [1.165, 1.54) is 21.8 Å². The van der Waals surface area contributed by atoms with Crippen LogP contribution in [0.3, 0.4) is 0 Å². The van der Waals surface area contributed by atoms with Gasteiger partial charge in [0.25, 0.3) is 0 Å². The van der Waals surface area contributed by atoms with Crippen molar-refractivity contribution in [2.75, 3.05) is 0 Å². The second-order valence-electron chi connectivity index (χ2n) is 6.31. The van der Waals surface area contributed by atoms with Gasteiger partial charge in [0.15, 0.2) is 0 Å². The highest BCUT2D eigenvalue weighted by Crippen LogP contribution is 2.34. The summed E-state index contributed by atoms with van der Waals surface area (Å²) in [6.07, 6.45) is 3.70. The fourth-order valence-corrected chi connectivity index (χ4v) is 4.09. The molecule has 2 nitrogen and oxygen atoms in total. The van der Waals surface area contributed by atoms with Crippen LogP contribution in [0.1, 0.15) is 0 Å². The molecule has 0 N–H and O–H groups in total. The lowest BCUT2D eigenvalue weighted by atomic mass is 10.1. The summed E-state index contributed by atoms with van der Waals surface area (Å²) >= 11 is 3.69. The van der Waals surface area contributed by atoms with Crippen LogP contribution in [-0.4, -0.2) is 9.55 Å². The predicted octanol–water partition coefficient (Wildman–Crippen LogP) is 6.61. The van der Waals surface area contributed by atoms with E-state index >= 15 is 0 Å². The summed E-state index contributed by atoms with van der Waals surface area (Å²) < 4.78 is 3.38. The summed E-state index contributed by atoms with van der Waals surface area (Å²) in [5, 5.41) is 2.54. The lowest BCUT2D eigenvalue weighted by Crippen LogP contribution is -1.94. The van der Waals surface area contributed by atoms with Crippen molar-refractivity contribution in [3.05, 3.63) is 95.7 Å². The van der Waals surface area contributed by atoms with Gasteiger partial charge in [-0.15, -0.1) is 0 Å². The lowest BCUT2D eigenvalue weighted by molar-refractivity contribution is 1.18. The maximum Gasteiger partial charge on any atom is 0.0541 e. The van der Waals surface area contributed by atoms with Gasteiger partial charge in [-0.3, -0.25) is 4.98 Å². The Kier molecular flexibility index (Phi) is 3.61. The van der Waals surface area contributed by atoms with Gasteiger partial charge in [-0.05, 0) is 42.0 Å². The number of aromatic nitrogens is 2. The molecule has 0 aliphatic rings. The standard InChI is InChI=1S/C23H15BrN2/c24-18-12-17(16-6-5-11-25-15-16)13-19(14-18)26-22-9-3-1-7-20(22)21-8-2-4-10-23(21)26/h1-15H. The number of benzene rings is 3. The third kappa shape index (κ3) is 2.44. The van der Waals surface area contributed by atoms with Gasteiger partial charge in [-0.1, -0.05) is 58.4 Å². The molecule has 0 radical (unpaired) electrons. The van der Waals surface area contributed by atoms with E-state index in [2.05, 4.69) is 98.3 Å². The summed E-state index contributed by atoms with van der Waals surface area (Å²) in [7, 11) is 0. The van der Waals surface area contributed by atoms with Gasteiger partial charge in [-0.25, -0.2) is 0 Å². The minimum Gasteiger partial charge on any atom is -0.309 e. The first-order valence-corrected chi connectivity index (χ1v) is 9.30. The van der Waals surface area contributed by atoms with Crippen molar-refractivity contribution in [1.29, 1.82) is 0 Å². The summed E-state index contributed by atoms with van der Waals surface area (Å²) in [6.45, 7) is 0. The first-order chi connectivity index (χ1) is 12.8. The number of fused-ring (bicyclic) bond motifs is 3. The first kappa shape index (κ1) is 15.4. The highest BCUT2D eigenvalue weighted by Gasteiger charge is 2.12. The van der Waals surface area contributed by atoms with Crippen LogP contribution in [-0.2, 0) is 0 Å². The molecule has 0 amide bonds. The van der Waals surface area contributed by atoms with E-state index < -0.39 is 0 Å². The molecule has 124 valence electrons. The number of halogens is 1. The van der Waals surface area contributed by atoms with E-state index in [4.69, 9.17) is 0 Å². The van der Waals surface area contributed by atoms with Crippen molar-refractivity contribution in [1.82, 2.24) is 9.55 Å². The van der Waals surface area contributed by atoms with Crippen LogP contribution in [0.25, 0.3) is 38.6 Å². The number of hydrogen-bond acceptors (Lipinski definition) is 1. The summed E-state index contributed by atoms with van der Waals surface area (Å²) in [4.78, 5) is 4.26. The van der Waals surface area contributed by atoms with Crippen LogP contribution in [0, 0.1) is 0 Å². The molecule has 3 heteroatoms. The normalized spacial score (nSPS) is 11.3. The molecule has 2 aromatic heterocycles. The predicted molar refractivity (Wildman–Crippen MR) is 112 cm³/mol. The average molecular weight is 399 g/mol. The van der Waals surface area contributed by atoms with E-state index in [-0.39, 0.29) is 0 Å². The Hall–Kier alpha value is -2.91. The van der Waals surface area contributed by atoms with Crippen molar-refractivity contribution >= 4 is 37.7 Å². The molecule has 3 aromatic carbocycles. The van der Waals surface area contributed by atoms with Gasteiger partial charge in [0.2, 0.25) is 0 Å². The van der Waals surface area contributed by atoms with Crippen LogP contribution < -0.4 is 0 Å². The van der Waals surface area contributed by atoms with Crippen LogP contribution in [0.2, 0.25) is 0 Å². The minimum absolute atomic E-state index is 1.05. The molecule has 0 atom stereocenters. The molecule has 0 bridgehead atoms. The summed E-state index contributed by atoms with van der Waals surface area (Å²) in [6, 6.07) is 27.7. The SMILES string of the molecule is Brc1cc(-c2cccnc2)cc(-n2c3ccccc3c3ccccc32)c1. The van der Waals surface area contributed by atoms with Gasteiger partial charge in [0.05, 0.1) is 11.0 Å². The smallest absolute Gasteiger partial charge is 0.0541 e. The monoisotopic (exact) mass is 398 g/mol. The van der Waals surface area contributed by atoms with Crippen molar-refractivity contribution in [2.24, 2.45) is 0 Å². The van der Waals surface area contributed by atoms with Crippen molar-refractivity contribution in [3.8, 4) is 16.8 Å². The Morgan fingerprint density at radius 2 is 1.38 bits per heavy atom. The zero-order valence-corrected chi connectivity index (χ0v) is 15.5. The van der Waals surface area contributed by atoms with Gasteiger partial charge in [-0.2, -0.15) is 0 Å². The Morgan fingerprint density at radius 1 is 0.692 bits per heavy atom. The molecule has 5 rings (SSSR count). The number of pyridine rings is 1. The first-order valence-electron chi connectivity index (χ1n) is 8.51. The summed E-state index contributed by atoms with van der Waals surface area (Å²) in [5.74, 6) is 0. The van der Waals surface area contributed by atoms with E-state index in [1.54, 1.807) is 6.20 Å². The molecular weight excluding hydrogens is 384 g/mol. The molecule has 2 heterocycles. The van der Waals surface area contributed by atoms with Gasteiger partial charge in [0, 0.05) is 38.9 Å². The average Bonchev–Trinajstić information content (AvgIpc) is 3.03. The molecule has 0 fully saturated rings. The fourth-order valence-electron chi connectivity index (χ4n) is 3.60. The number of hydrogen-bond donors (Lipinski definition) is 0.